The quantitative estimate of drug-likeness (QED) is 0.0417. The predicted octanol–water partition coefficient (Wildman–Crippen LogP) is 23.0. The summed E-state index contributed by atoms with van der Waals surface area (Å²) < 4.78 is 5.48. The van der Waals surface area contributed by atoms with E-state index in [1.807, 2.05) is 0 Å². The van der Waals surface area contributed by atoms with Crippen LogP contribution in [0, 0.1) is 0 Å². The molecule has 1 amide bonds. The van der Waals surface area contributed by atoms with E-state index in [1.165, 1.54) is 347 Å². The third-order valence-corrected chi connectivity index (χ3v) is 17.2. The number of nitrogens with one attached hydrogen (secondary N) is 1. The fraction of sp³-hybridized carbons (Fsp3) is 0.972. The molecule has 2 atom stereocenters. The number of unbranched alkanes of at least 4 members (excludes halogenated alkanes) is 57. The molecule has 0 rings (SSSR count). The molecule has 0 aromatic carbocycles. The number of carbonyl (C=O) groups is 2. The van der Waals surface area contributed by atoms with E-state index in [2.05, 4.69) is 19.2 Å². The summed E-state index contributed by atoms with van der Waals surface area (Å²) in [5.74, 6) is -0.00392. The first kappa shape index (κ1) is 75.9. The molecule has 0 bridgehead atoms. The van der Waals surface area contributed by atoms with Crippen molar-refractivity contribution in [2.75, 3.05) is 13.2 Å². The largest absolute Gasteiger partial charge is 0.466 e. The third kappa shape index (κ3) is 63.9. The van der Waals surface area contributed by atoms with Crippen molar-refractivity contribution in [1.82, 2.24) is 5.32 Å². The zero-order chi connectivity index (χ0) is 55.7. The molecule has 0 aromatic rings. The molecule has 0 aliphatic rings. The predicted molar refractivity (Wildman–Crippen MR) is 338 cm³/mol. The fourth-order valence-electron chi connectivity index (χ4n) is 11.7. The summed E-state index contributed by atoms with van der Waals surface area (Å²) in [5.41, 5.74) is 0. The molecule has 0 spiro atoms. The van der Waals surface area contributed by atoms with Crippen LogP contribution in [0.25, 0.3) is 0 Å². The number of hydrogen-bond donors (Lipinski definition) is 3. The maximum atomic E-state index is 12.5. The molecule has 0 aliphatic carbocycles. The van der Waals surface area contributed by atoms with E-state index in [-0.39, 0.29) is 18.5 Å². The Morgan fingerprint density at radius 3 is 0.792 bits per heavy atom. The first-order valence-electron chi connectivity index (χ1n) is 35.8. The lowest BCUT2D eigenvalue weighted by Gasteiger charge is -2.22. The Morgan fingerprint density at radius 2 is 0.532 bits per heavy atom. The van der Waals surface area contributed by atoms with E-state index >= 15 is 0 Å². The van der Waals surface area contributed by atoms with Gasteiger partial charge in [-0.2, -0.15) is 0 Å². The summed E-state index contributed by atoms with van der Waals surface area (Å²) >= 11 is 0. The number of ether oxygens (including phenoxy) is 1. The lowest BCUT2D eigenvalue weighted by Crippen LogP contribution is -2.45. The molecular formula is C71H141NO5. The average Bonchev–Trinajstić information content (AvgIpc) is 3.43. The summed E-state index contributed by atoms with van der Waals surface area (Å²) in [6, 6.07) is -0.537. The smallest absolute Gasteiger partial charge is 0.305 e. The van der Waals surface area contributed by atoms with E-state index in [1.54, 1.807) is 0 Å². The molecule has 0 heterocycles. The fourth-order valence-corrected chi connectivity index (χ4v) is 11.7. The summed E-state index contributed by atoms with van der Waals surface area (Å²) in [6.07, 6.45) is 81.7. The van der Waals surface area contributed by atoms with Crippen molar-refractivity contribution in [2.45, 2.75) is 431 Å². The molecular weight excluding hydrogens is 947 g/mol. The van der Waals surface area contributed by atoms with Crippen molar-refractivity contribution in [3.05, 3.63) is 0 Å². The molecule has 3 N–H and O–H groups in total. The maximum absolute atomic E-state index is 12.5. The Morgan fingerprint density at radius 1 is 0.312 bits per heavy atom. The second-order valence-electron chi connectivity index (χ2n) is 24.9. The molecule has 0 saturated heterocycles. The Bertz CT molecular complexity index is 1120. The van der Waals surface area contributed by atoms with Crippen LogP contribution in [0.2, 0.25) is 0 Å². The van der Waals surface area contributed by atoms with Crippen LogP contribution in [0.5, 0.6) is 0 Å². The van der Waals surface area contributed by atoms with Crippen molar-refractivity contribution in [2.24, 2.45) is 0 Å². The molecule has 0 fully saturated rings. The van der Waals surface area contributed by atoms with Crippen molar-refractivity contribution < 1.29 is 24.5 Å². The minimum absolute atomic E-state index is 0.0220. The minimum atomic E-state index is -0.660. The first-order valence-corrected chi connectivity index (χ1v) is 35.8. The van der Waals surface area contributed by atoms with Crippen LogP contribution < -0.4 is 5.32 Å². The summed E-state index contributed by atoms with van der Waals surface area (Å²) in [4.78, 5) is 24.5. The van der Waals surface area contributed by atoms with Crippen LogP contribution in [0.1, 0.15) is 418 Å². The van der Waals surface area contributed by atoms with E-state index < -0.39 is 12.1 Å². The number of rotatable bonds is 68. The Labute approximate surface area is 483 Å². The van der Waals surface area contributed by atoms with Crippen molar-refractivity contribution in [3.8, 4) is 0 Å². The SMILES string of the molecule is CCCCCCCCCCCCCCCCCCCC(O)C(CO)NC(=O)CCCCCCCCCCCCCCCCCCCCCCCCCCCCCCCCCCOC(=O)CCCCCCCCCCCCC. The third-order valence-electron chi connectivity index (χ3n) is 17.2. The summed E-state index contributed by atoms with van der Waals surface area (Å²) in [7, 11) is 0. The van der Waals surface area contributed by atoms with Gasteiger partial charge in [-0.3, -0.25) is 9.59 Å². The molecule has 6 nitrogen and oxygen atoms in total. The molecule has 0 aliphatic heterocycles. The lowest BCUT2D eigenvalue weighted by atomic mass is 10.0. The number of carbonyl (C=O) groups excluding carboxylic acids is 2. The molecule has 0 radical (unpaired) electrons. The highest BCUT2D eigenvalue weighted by molar-refractivity contribution is 5.76. The standard InChI is InChI=1S/C71H141NO5/c1-3-5-7-9-11-13-15-16-17-34-37-40-44-47-51-55-59-63-69(74)68(67-73)72-70(75)64-60-56-52-48-45-41-38-35-32-30-28-26-24-22-20-18-19-21-23-25-27-29-31-33-36-39-42-46-50-54-58-62-66-77-71(76)65-61-57-53-49-43-14-12-10-8-6-4-2/h68-69,73-74H,3-67H2,1-2H3,(H,72,75). The van der Waals surface area contributed by atoms with Gasteiger partial charge in [-0.15, -0.1) is 0 Å². The van der Waals surface area contributed by atoms with Crippen LogP contribution in [-0.4, -0.2) is 47.4 Å². The lowest BCUT2D eigenvalue weighted by molar-refractivity contribution is -0.143. The molecule has 77 heavy (non-hydrogen) atoms. The van der Waals surface area contributed by atoms with E-state index in [9.17, 15) is 19.8 Å². The normalized spacial score (nSPS) is 12.4. The van der Waals surface area contributed by atoms with Crippen LogP contribution in [0.3, 0.4) is 0 Å². The summed E-state index contributed by atoms with van der Waals surface area (Å²) in [6.45, 7) is 5.00. The second kappa shape index (κ2) is 67.4. The van der Waals surface area contributed by atoms with Crippen molar-refractivity contribution >= 4 is 11.9 Å². The first-order chi connectivity index (χ1) is 38.0. The molecule has 0 saturated carbocycles. The van der Waals surface area contributed by atoms with E-state index in [0.29, 0.717) is 25.9 Å². The van der Waals surface area contributed by atoms with Gasteiger partial charge in [-0.05, 0) is 25.7 Å². The van der Waals surface area contributed by atoms with Gasteiger partial charge in [0.15, 0.2) is 0 Å². The maximum Gasteiger partial charge on any atom is 0.305 e. The van der Waals surface area contributed by atoms with Gasteiger partial charge in [0.1, 0.15) is 0 Å². The monoisotopic (exact) mass is 1090 g/mol. The van der Waals surface area contributed by atoms with Crippen LogP contribution >= 0.6 is 0 Å². The van der Waals surface area contributed by atoms with Gasteiger partial charge in [0, 0.05) is 12.8 Å². The Balaban J connectivity index is 3.31. The minimum Gasteiger partial charge on any atom is -0.466 e. The number of aliphatic hydroxyl groups is 2. The van der Waals surface area contributed by atoms with Crippen LogP contribution in [0.15, 0.2) is 0 Å². The number of esters is 1. The van der Waals surface area contributed by atoms with Gasteiger partial charge in [-0.25, -0.2) is 0 Å². The Hall–Kier alpha value is -1.14. The number of aliphatic hydroxyl groups excluding tert-OH is 2. The second-order valence-corrected chi connectivity index (χ2v) is 24.9. The van der Waals surface area contributed by atoms with Gasteiger partial charge in [-0.1, -0.05) is 380 Å². The molecule has 2 unspecified atom stereocenters. The van der Waals surface area contributed by atoms with Gasteiger partial charge >= 0.3 is 5.97 Å². The van der Waals surface area contributed by atoms with Gasteiger partial charge in [0.25, 0.3) is 0 Å². The highest BCUT2D eigenvalue weighted by atomic mass is 16.5. The summed E-state index contributed by atoms with van der Waals surface area (Å²) in [5, 5.41) is 23.4. The van der Waals surface area contributed by atoms with Gasteiger partial charge in [0.05, 0.1) is 25.4 Å². The zero-order valence-corrected chi connectivity index (χ0v) is 52.7. The van der Waals surface area contributed by atoms with Crippen LogP contribution in [0.4, 0.5) is 0 Å². The van der Waals surface area contributed by atoms with Crippen molar-refractivity contribution in [1.29, 1.82) is 0 Å². The zero-order valence-electron chi connectivity index (χ0n) is 52.7. The van der Waals surface area contributed by atoms with Crippen molar-refractivity contribution in [3.63, 3.8) is 0 Å². The van der Waals surface area contributed by atoms with E-state index in [4.69, 9.17) is 4.74 Å². The topological polar surface area (TPSA) is 95.9 Å². The highest BCUT2D eigenvalue weighted by Crippen LogP contribution is 2.20. The molecule has 6 heteroatoms. The van der Waals surface area contributed by atoms with E-state index in [0.717, 1.165) is 38.5 Å². The van der Waals surface area contributed by atoms with Gasteiger partial charge < -0.3 is 20.3 Å². The highest BCUT2D eigenvalue weighted by Gasteiger charge is 2.20. The number of amides is 1. The van der Waals surface area contributed by atoms with Gasteiger partial charge in [0.2, 0.25) is 5.91 Å². The Kier molecular flexibility index (Phi) is 66.4. The number of hydrogen-bond acceptors (Lipinski definition) is 5. The molecule has 460 valence electrons. The average molecular weight is 1090 g/mol. The van der Waals surface area contributed by atoms with Crippen LogP contribution in [-0.2, 0) is 14.3 Å². The molecule has 0 aromatic heterocycles.